The van der Waals surface area contributed by atoms with Crippen LogP contribution >= 0.6 is 7.82 Å². The number of amides is 1. The fraction of sp³-hybridized carbons (Fsp3) is 0.857. The maximum atomic E-state index is 13.0. The van der Waals surface area contributed by atoms with Crippen LogP contribution in [0.2, 0.25) is 0 Å². The van der Waals surface area contributed by atoms with Crippen LogP contribution in [0.5, 0.6) is 0 Å². The Bertz CT molecular complexity index is 1310. The molecule has 0 radical (unpaired) electrons. The Morgan fingerprint density at radius 1 is 0.458 bits per heavy atom. The number of aliphatic hydroxyl groups is 1. The number of hydrogen-bond donors (Lipinski definition) is 3. The number of aliphatic hydroxyl groups excluding tert-OH is 1. The second-order valence-electron chi connectivity index (χ2n) is 22.4. The van der Waals surface area contributed by atoms with E-state index in [1.807, 2.05) is 27.2 Å². The molecule has 0 spiro atoms. The highest BCUT2D eigenvalue weighted by Crippen LogP contribution is 2.43. The molecule has 0 bridgehead atoms. The Kier molecular flexibility index (Phi) is 53.1. The van der Waals surface area contributed by atoms with E-state index in [4.69, 9.17) is 9.05 Å². The van der Waals surface area contributed by atoms with E-state index in [-0.39, 0.29) is 19.1 Å². The first kappa shape index (κ1) is 70.5. The molecule has 72 heavy (non-hydrogen) atoms. The molecule has 0 aromatic carbocycles. The third-order valence-electron chi connectivity index (χ3n) is 14.0. The predicted octanol–water partition coefficient (Wildman–Crippen LogP) is 19.1. The third-order valence-corrected chi connectivity index (χ3v) is 15.0. The van der Waals surface area contributed by atoms with Gasteiger partial charge in [-0.25, -0.2) is 4.57 Å². The number of carbonyl (C=O) groups excluding carboxylic acids is 1. The molecule has 0 heterocycles. The van der Waals surface area contributed by atoms with Gasteiger partial charge in [0, 0.05) is 6.42 Å². The van der Waals surface area contributed by atoms with Crippen molar-refractivity contribution in [2.75, 3.05) is 40.9 Å². The zero-order valence-corrected chi connectivity index (χ0v) is 49.3. The van der Waals surface area contributed by atoms with E-state index >= 15 is 0 Å². The van der Waals surface area contributed by atoms with Crippen molar-refractivity contribution < 1.29 is 32.9 Å². The lowest BCUT2D eigenvalue weighted by Gasteiger charge is -2.25. The lowest BCUT2D eigenvalue weighted by Crippen LogP contribution is -2.45. The van der Waals surface area contributed by atoms with E-state index in [9.17, 15) is 19.4 Å². The number of rotatable bonds is 57. The molecule has 0 aromatic rings. The van der Waals surface area contributed by atoms with Crippen molar-refractivity contribution >= 4 is 13.7 Å². The number of likely N-dealkylation sites (N-methyl/N-ethyl adjacent to an activating group) is 1. The van der Waals surface area contributed by atoms with Crippen molar-refractivity contribution in [2.45, 2.75) is 309 Å². The van der Waals surface area contributed by atoms with Crippen LogP contribution in [-0.4, -0.2) is 73.4 Å². The average molecular weight is 1030 g/mol. The van der Waals surface area contributed by atoms with Crippen LogP contribution in [0.15, 0.2) is 48.6 Å². The molecule has 3 atom stereocenters. The van der Waals surface area contributed by atoms with Crippen molar-refractivity contribution in [3.63, 3.8) is 0 Å². The van der Waals surface area contributed by atoms with Crippen molar-refractivity contribution in [3.8, 4) is 0 Å². The maximum Gasteiger partial charge on any atom is 0.472 e. The van der Waals surface area contributed by atoms with Crippen molar-refractivity contribution in [3.05, 3.63) is 48.6 Å². The van der Waals surface area contributed by atoms with Gasteiger partial charge >= 0.3 is 7.82 Å². The van der Waals surface area contributed by atoms with Crippen molar-refractivity contribution in [1.82, 2.24) is 5.32 Å². The number of nitrogens with one attached hydrogen (secondary N) is 1. The van der Waals surface area contributed by atoms with Gasteiger partial charge in [0.25, 0.3) is 0 Å². The minimum atomic E-state index is -4.36. The molecule has 0 aliphatic carbocycles. The van der Waals surface area contributed by atoms with Gasteiger partial charge in [-0.3, -0.25) is 13.8 Å². The van der Waals surface area contributed by atoms with E-state index in [1.165, 1.54) is 231 Å². The molecule has 0 fully saturated rings. The van der Waals surface area contributed by atoms with Crippen LogP contribution in [0.25, 0.3) is 0 Å². The Balaban J connectivity index is 4.23. The van der Waals surface area contributed by atoms with Gasteiger partial charge in [-0.15, -0.1) is 0 Å². The van der Waals surface area contributed by atoms with E-state index < -0.39 is 20.0 Å². The summed E-state index contributed by atoms with van der Waals surface area (Å²) in [5.41, 5.74) is 0. The van der Waals surface area contributed by atoms with Crippen LogP contribution in [0.4, 0.5) is 0 Å². The Hall–Kier alpha value is -1.54. The number of unbranched alkanes of at least 4 members (excludes halogenated alkanes) is 38. The lowest BCUT2D eigenvalue weighted by molar-refractivity contribution is -0.870. The summed E-state index contributed by atoms with van der Waals surface area (Å²) in [6, 6.07) is -0.873. The first-order valence-corrected chi connectivity index (χ1v) is 32.5. The Morgan fingerprint density at radius 2 is 0.764 bits per heavy atom. The molecule has 8 nitrogen and oxygen atoms in total. The summed E-state index contributed by atoms with van der Waals surface area (Å²) in [5.74, 6) is -0.190. The fourth-order valence-electron chi connectivity index (χ4n) is 9.13. The summed E-state index contributed by atoms with van der Waals surface area (Å²) in [6.45, 7) is 4.82. The summed E-state index contributed by atoms with van der Waals surface area (Å²) < 4.78 is 23.7. The van der Waals surface area contributed by atoms with Crippen LogP contribution in [0, 0.1) is 0 Å². The summed E-state index contributed by atoms with van der Waals surface area (Å²) >= 11 is 0. The van der Waals surface area contributed by atoms with Gasteiger partial charge in [0.1, 0.15) is 13.2 Å². The molecule has 424 valence electrons. The number of phosphoric acid groups is 1. The molecule has 9 heteroatoms. The Labute approximate surface area is 448 Å². The van der Waals surface area contributed by atoms with E-state index in [2.05, 4.69) is 55.6 Å². The fourth-order valence-corrected chi connectivity index (χ4v) is 9.87. The number of phosphoric ester groups is 1. The molecule has 0 aliphatic heterocycles. The number of nitrogens with zero attached hydrogens (tertiary/aromatic N) is 1. The zero-order chi connectivity index (χ0) is 52.7. The molecular weight excluding hydrogens is 912 g/mol. The number of carbonyl (C=O) groups is 1. The highest BCUT2D eigenvalue weighted by molar-refractivity contribution is 7.47. The first-order chi connectivity index (χ1) is 35.0. The molecule has 0 aromatic heterocycles. The minimum absolute atomic E-state index is 0.0529. The van der Waals surface area contributed by atoms with Crippen LogP contribution in [0.3, 0.4) is 0 Å². The quantitative estimate of drug-likeness (QED) is 0.0243. The van der Waals surface area contributed by atoms with E-state index in [1.54, 1.807) is 6.08 Å². The van der Waals surface area contributed by atoms with Gasteiger partial charge in [-0.2, -0.15) is 0 Å². The van der Waals surface area contributed by atoms with Gasteiger partial charge in [0.15, 0.2) is 0 Å². The van der Waals surface area contributed by atoms with Crippen molar-refractivity contribution in [2.24, 2.45) is 0 Å². The third kappa shape index (κ3) is 56.2. The molecule has 3 N–H and O–H groups in total. The summed E-state index contributed by atoms with van der Waals surface area (Å²) in [4.78, 5) is 23.3. The maximum absolute atomic E-state index is 13.0. The Morgan fingerprint density at radius 3 is 1.11 bits per heavy atom. The van der Waals surface area contributed by atoms with Crippen LogP contribution in [0.1, 0.15) is 296 Å². The molecular formula is C63H122N2O6P+. The largest absolute Gasteiger partial charge is 0.472 e. The standard InChI is InChI=1S/C63H121N2O6P/c1-6-8-10-12-14-16-18-20-22-24-26-28-30-32-34-36-38-40-42-44-46-48-50-52-54-56-62(66)61(60-71-72(68,69)70-59-58-65(3,4)5)64-63(67)57-55-53-51-49-47-45-43-41-39-37-35-33-31-29-27-25-23-21-19-17-15-13-11-9-7-2/h33,35,38,40,46,48,54,56,61-62,66H,6-32,34,36-37,39,41-45,47,49-53,55,57-60H2,1-5H3,(H-,64,67,68,69)/p+1/b35-33-,40-38+,48-46+,56-54+. The molecule has 1 amide bonds. The van der Waals surface area contributed by atoms with E-state index in [0.29, 0.717) is 17.4 Å². The average Bonchev–Trinajstić information content (AvgIpc) is 3.34. The highest BCUT2D eigenvalue weighted by Gasteiger charge is 2.27. The van der Waals surface area contributed by atoms with Gasteiger partial charge in [0.05, 0.1) is 39.9 Å². The smallest absolute Gasteiger partial charge is 0.387 e. The summed E-state index contributed by atoms with van der Waals surface area (Å²) in [5, 5.41) is 13.9. The van der Waals surface area contributed by atoms with Crippen LogP contribution in [-0.2, 0) is 18.4 Å². The first-order valence-electron chi connectivity index (χ1n) is 31.0. The second kappa shape index (κ2) is 54.3. The summed E-state index contributed by atoms with van der Waals surface area (Å²) in [6.07, 6.45) is 72.3. The molecule has 3 unspecified atom stereocenters. The van der Waals surface area contributed by atoms with Gasteiger partial charge in [-0.1, -0.05) is 268 Å². The van der Waals surface area contributed by atoms with Crippen LogP contribution < -0.4 is 5.32 Å². The highest BCUT2D eigenvalue weighted by atomic mass is 31.2. The van der Waals surface area contributed by atoms with Gasteiger partial charge in [0.2, 0.25) is 5.91 Å². The SMILES string of the molecule is CCCCCCCCCCCCCC/C=C\CCCCCCCCCCCC(=O)NC(COP(=O)(O)OCC[N+](C)(C)C)C(O)/C=C/CC/C=C/CC/C=C/CCCCCCCCCCCCCCCCC. The molecule has 0 saturated heterocycles. The predicted molar refractivity (Wildman–Crippen MR) is 314 cm³/mol. The lowest BCUT2D eigenvalue weighted by atomic mass is 10.0. The van der Waals surface area contributed by atoms with Gasteiger partial charge in [-0.05, 0) is 70.6 Å². The molecule has 0 rings (SSSR count). The number of allylic oxidation sites excluding steroid dienone is 7. The number of quaternary nitrogens is 1. The van der Waals surface area contributed by atoms with E-state index in [0.717, 1.165) is 44.9 Å². The molecule has 0 aliphatic rings. The zero-order valence-electron chi connectivity index (χ0n) is 48.4. The number of hydrogen-bond acceptors (Lipinski definition) is 5. The normalized spacial score (nSPS) is 14.2. The second-order valence-corrected chi connectivity index (χ2v) is 23.9. The van der Waals surface area contributed by atoms with Crippen molar-refractivity contribution in [1.29, 1.82) is 0 Å². The minimum Gasteiger partial charge on any atom is -0.387 e. The summed E-state index contributed by atoms with van der Waals surface area (Å²) in [7, 11) is 1.55. The topological polar surface area (TPSA) is 105 Å². The monoisotopic (exact) mass is 1030 g/mol. The molecule has 0 saturated carbocycles. The van der Waals surface area contributed by atoms with Gasteiger partial charge < -0.3 is 19.8 Å².